The Bertz CT molecular complexity index is 361. The van der Waals surface area contributed by atoms with E-state index in [-0.39, 0.29) is 0 Å². The Morgan fingerprint density at radius 2 is 1.79 bits per heavy atom. The average Bonchev–Trinajstić information content (AvgIpc) is 2.21. The van der Waals surface area contributed by atoms with Crippen LogP contribution in [0.3, 0.4) is 0 Å². The van der Waals surface area contributed by atoms with Crippen molar-refractivity contribution >= 4 is 23.6 Å². The zero-order valence-corrected chi connectivity index (χ0v) is 10.4. The van der Waals surface area contributed by atoms with Gasteiger partial charge in [0.25, 0.3) is 0 Å². The normalized spacial score (nSPS) is 11.1. The number of aryl methyl sites for hydroxylation is 1. The van der Waals surface area contributed by atoms with Gasteiger partial charge in [0.1, 0.15) is 0 Å². The van der Waals surface area contributed by atoms with E-state index in [2.05, 4.69) is 39.1 Å². The number of halogens is 1. The standard InChI is InChI=1S/C12H15ClSi/c1-5-14(13,6-2)12-9-7-8-10(3)11(12)4/h5-9H,1-2H2,3-4H3. The van der Waals surface area contributed by atoms with Gasteiger partial charge in [-0.1, -0.05) is 29.6 Å². The molecular formula is C12H15ClSi. The first-order valence-electron chi connectivity index (χ1n) is 4.58. The molecule has 0 saturated heterocycles. The van der Waals surface area contributed by atoms with E-state index in [0.29, 0.717) is 0 Å². The van der Waals surface area contributed by atoms with E-state index >= 15 is 0 Å². The van der Waals surface area contributed by atoms with Gasteiger partial charge in [-0.15, -0.1) is 24.2 Å². The summed E-state index contributed by atoms with van der Waals surface area (Å²) in [6, 6.07) is 6.20. The molecule has 0 amide bonds. The molecule has 0 aliphatic heterocycles. The fraction of sp³-hybridized carbons (Fsp3) is 0.167. The minimum atomic E-state index is -2.15. The lowest BCUT2D eigenvalue weighted by molar-refractivity contribution is 1.36. The first-order chi connectivity index (χ1) is 6.55. The molecule has 74 valence electrons. The highest BCUT2D eigenvalue weighted by molar-refractivity contribution is 7.32. The second-order valence-electron chi connectivity index (χ2n) is 3.42. The third-order valence-electron chi connectivity index (χ3n) is 2.61. The quantitative estimate of drug-likeness (QED) is 0.545. The van der Waals surface area contributed by atoms with Gasteiger partial charge in [-0.2, -0.15) is 0 Å². The van der Waals surface area contributed by atoms with E-state index in [1.165, 1.54) is 16.3 Å². The number of hydrogen-bond acceptors (Lipinski definition) is 0. The minimum Gasteiger partial charge on any atom is -0.150 e. The minimum absolute atomic E-state index is 1.20. The summed E-state index contributed by atoms with van der Waals surface area (Å²) < 4.78 is 0. The summed E-state index contributed by atoms with van der Waals surface area (Å²) in [7, 11) is -2.15. The first kappa shape index (κ1) is 11.3. The number of rotatable bonds is 3. The summed E-state index contributed by atoms with van der Waals surface area (Å²) in [5.74, 6) is 0. The van der Waals surface area contributed by atoms with Crippen LogP contribution in [0.15, 0.2) is 42.8 Å². The van der Waals surface area contributed by atoms with Crippen LogP contribution in [0.25, 0.3) is 0 Å². The van der Waals surface area contributed by atoms with Crippen LogP contribution in [0.2, 0.25) is 0 Å². The van der Waals surface area contributed by atoms with Gasteiger partial charge in [0.2, 0.25) is 7.38 Å². The van der Waals surface area contributed by atoms with Crippen molar-refractivity contribution in [3.05, 3.63) is 53.9 Å². The van der Waals surface area contributed by atoms with Crippen LogP contribution in [0.1, 0.15) is 11.1 Å². The lowest BCUT2D eigenvalue weighted by Gasteiger charge is -2.19. The summed E-state index contributed by atoms with van der Waals surface area (Å²) in [5, 5.41) is 1.20. The molecule has 2 heteroatoms. The molecule has 0 fully saturated rings. The fourth-order valence-electron chi connectivity index (χ4n) is 1.47. The lowest BCUT2D eigenvalue weighted by atomic mass is 10.1. The molecule has 0 N–H and O–H groups in total. The molecule has 0 aromatic heterocycles. The van der Waals surface area contributed by atoms with Gasteiger partial charge in [0.15, 0.2) is 0 Å². The zero-order chi connectivity index (χ0) is 10.8. The Labute approximate surface area is 91.6 Å². The SMILES string of the molecule is C=C[Si](Cl)(C=C)c1cccc(C)c1C. The van der Waals surface area contributed by atoms with Crippen molar-refractivity contribution in [2.45, 2.75) is 13.8 Å². The van der Waals surface area contributed by atoms with Crippen LogP contribution in [0, 0.1) is 13.8 Å². The average molecular weight is 223 g/mol. The van der Waals surface area contributed by atoms with Crippen LogP contribution in [0.5, 0.6) is 0 Å². The molecule has 0 atom stereocenters. The summed E-state index contributed by atoms with van der Waals surface area (Å²) >= 11 is 6.51. The second-order valence-corrected chi connectivity index (χ2v) is 8.19. The van der Waals surface area contributed by atoms with Crippen molar-refractivity contribution < 1.29 is 0 Å². The molecular weight excluding hydrogens is 208 g/mol. The Hall–Kier alpha value is -0.793. The monoisotopic (exact) mass is 222 g/mol. The van der Waals surface area contributed by atoms with Gasteiger partial charge in [0, 0.05) is 0 Å². The smallest absolute Gasteiger partial charge is 0.150 e. The van der Waals surface area contributed by atoms with E-state index in [1.54, 1.807) is 0 Å². The van der Waals surface area contributed by atoms with Crippen molar-refractivity contribution in [2.75, 3.05) is 0 Å². The Kier molecular flexibility index (Phi) is 3.35. The molecule has 0 bridgehead atoms. The molecule has 0 spiro atoms. The number of hydrogen-bond donors (Lipinski definition) is 0. The van der Waals surface area contributed by atoms with E-state index < -0.39 is 7.38 Å². The van der Waals surface area contributed by atoms with E-state index in [1.807, 2.05) is 17.5 Å². The molecule has 0 radical (unpaired) electrons. The van der Waals surface area contributed by atoms with E-state index in [0.717, 1.165) is 0 Å². The molecule has 1 aromatic carbocycles. The predicted octanol–water partition coefficient (Wildman–Crippen LogP) is 3.15. The maximum Gasteiger partial charge on any atom is 0.232 e. The molecule has 0 heterocycles. The topological polar surface area (TPSA) is 0 Å². The Morgan fingerprint density at radius 1 is 1.21 bits per heavy atom. The maximum absolute atomic E-state index is 6.51. The van der Waals surface area contributed by atoms with Gasteiger partial charge in [-0.25, -0.2) is 0 Å². The highest BCUT2D eigenvalue weighted by atomic mass is 35.6. The largest absolute Gasteiger partial charge is 0.232 e. The molecule has 1 aromatic rings. The summed E-state index contributed by atoms with van der Waals surface area (Å²) in [6.07, 6.45) is 0. The van der Waals surface area contributed by atoms with Gasteiger partial charge < -0.3 is 0 Å². The van der Waals surface area contributed by atoms with Crippen LogP contribution in [-0.2, 0) is 0 Å². The summed E-state index contributed by atoms with van der Waals surface area (Å²) in [4.78, 5) is 0. The molecule has 1 rings (SSSR count). The Balaban J connectivity index is 3.38. The van der Waals surface area contributed by atoms with Crippen molar-refractivity contribution in [3.8, 4) is 0 Å². The Morgan fingerprint density at radius 3 is 2.29 bits per heavy atom. The molecule has 14 heavy (non-hydrogen) atoms. The van der Waals surface area contributed by atoms with E-state index in [9.17, 15) is 0 Å². The zero-order valence-electron chi connectivity index (χ0n) is 8.68. The highest BCUT2D eigenvalue weighted by Crippen LogP contribution is 2.16. The van der Waals surface area contributed by atoms with Gasteiger partial charge in [-0.3, -0.25) is 0 Å². The van der Waals surface area contributed by atoms with Gasteiger partial charge >= 0.3 is 0 Å². The fourth-order valence-corrected chi connectivity index (χ4v) is 3.81. The van der Waals surface area contributed by atoms with Crippen LogP contribution in [0.4, 0.5) is 0 Å². The van der Waals surface area contributed by atoms with Crippen LogP contribution < -0.4 is 5.19 Å². The van der Waals surface area contributed by atoms with Crippen molar-refractivity contribution in [2.24, 2.45) is 0 Å². The third-order valence-corrected chi connectivity index (χ3v) is 6.70. The third kappa shape index (κ3) is 1.84. The summed E-state index contributed by atoms with van der Waals surface area (Å²) in [6.45, 7) is 11.8. The van der Waals surface area contributed by atoms with Crippen molar-refractivity contribution in [3.63, 3.8) is 0 Å². The summed E-state index contributed by atoms with van der Waals surface area (Å²) in [5.41, 5.74) is 6.23. The predicted molar refractivity (Wildman–Crippen MR) is 67.6 cm³/mol. The van der Waals surface area contributed by atoms with Gasteiger partial charge in [0.05, 0.1) is 0 Å². The van der Waals surface area contributed by atoms with Gasteiger partial charge in [-0.05, 0) is 30.2 Å². The molecule has 0 saturated carbocycles. The first-order valence-corrected chi connectivity index (χ1v) is 7.74. The van der Waals surface area contributed by atoms with E-state index in [4.69, 9.17) is 11.1 Å². The lowest BCUT2D eigenvalue weighted by Crippen LogP contribution is -2.40. The van der Waals surface area contributed by atoms with Crippen LogP contribution in [-0.4, -0.2) is 7.38 Å². The molecule has 0 unspecified atom stereocenters. The van der Waals surface area contributed by atoms with Crippen molar-refractivity contribution in [1.82, 2.24) is 0 Å². The van der Waals surface area contributed by atoms with Crippen LogP contribution >= 0.6 is 11.1 Å². The maximum atomic E-state index is 6.51. The highest BCUT2D eigenvalue weighted by Gasteiger charge is 2.27. The van der Waals surface area contributed by atoms with Crippen molar-refractivity contribution in [1.29, 1.82) is 0 Å². The molecule has 0 nitrogen and oxygen atoms in total. The number of benzene rings is 1. The molecule has 0 aliphatic carbocycles. The molecule has 0 aliphatic rings. The second kappa shape index (κ2) is 4.16.